The molecule has 43 heavy (non-hydrogen) atoms. The molecule has 0 aliphatic carbocycles. The summed E-state index contributed by atoms with van der Waals surface area (Å²) in [4.78, 5) is 14.6. The van der Waals surface area contributed by atoms with E-state index in [-0.39, 0.29) is 0 Å². The van der Waals surface area contributed by atoms with Crippen molar-refractivity contribution in [3.8, 4) is 0 Å². The van der Waals surface area contributed by atoms with Gasteiger partial charge in [0.25, 0.3) is 0 Å². The molecule has 0 aromatic rings. The third kappa shape index (κ3) is 22.8. The van der Waals surface area contributed by atoms with Gasteiger partial charge in [0.2, 0.25) is 0 Å². The van der Waals surface area contributed by atoms with E-state index in [1.54, 1.807) is 0 Å². The first kappa shape index (κ1) is 42.7. The van der Waals surface area contributed by atoms with Crippen LogP contribution in [0.3, 0.4) is 0 Å². The molecule has 4 saturated heterocycles. The number of nitrogens with zero attached hydrogens (tertiary/aromatic N) is 6. The Balaban J connectivity index is 0.000000518. The maximum absolute atomic E-state index is 5.21. The molecule has 4 fully saturated rings. The fourth-order valence-electron chi connectivity index (χ4n) is 5.07. The van der Waals surface area contributed by atoms with Crippen molar-refractivity contribution in [3.63, 3.8) is 0 Å². The van der Waals surface area contributed by atoms with Crippen molar-refractivity contribution in [1.29, 1.82) is 0 Å². The molecule has 4 aliphatic rings. The maximum atomic E-state index is 5.21. The van der Waals surface area contributed by atoms with Gasteiger partial charge in [0, 0.05) is 95.7 Å². The summed E-state index contributed by atoms with van der Waals surface area (Å²) < 4.78 is 5.21. The van der Waals surface area contributed by atoms with E-state index in [9.17, 15) is 0 Å². The number of likely N-dealkylation sites (N-methyl/N-ethyl adjacent to an activating group) is 1. The second-order valence-corrected chi connectivity index (χ2v) is 14.3. The number of rotatable bonds is 5. The topological polar surface area (TPSA) is 40.7 Å². The fourth-order valence-corrected chi connectivity index (χ4v) is 5.07. The number of piperidine rings is 1. The van der Waals surface area contributed by atoms with Crippen molar-refractivity contribution in [3.05, 3.63) is 0 Å². The van der Waals surface area contributed by atoms with E-state index < -0.39 is 0 Å². The highest BCUT2D eigenvalue weighted by molar-refractivity contribution is 4.72. The van der Waals surface area contributed by atoms with Gasteiger partial charge in [-0.25, -0.2) is 0 Å². The highest BCUT2D eigenvalue weighted by Crippen LogP contribution is 2.11. The highest BCUT2D eigenvalue weighted by atomic mass is 16.5. The lowest BCUT2D eigenvalue weighted by Crippen LogP contribution is -2.47. The van der Waals surface area contributed by atoms with E-state index in [1.165, 1.54) is 71.6 Å². The average molecular weight is 614 g/mol. The summed E-state index contributed by atoms with van der Waals surface area (Å²) in [5.74, 6) is 0. The molecule has 8 heteroatoms. The Labute approximate surface area is 270 Å². The molecule has 0 bridgehead atoms. The summed E-state index contributed by atoms with van der Waals surface area (Å²) in [5.41, 5.74) is 0. The predicted molar refractivity (Wildman–Crippen MR) is 191 cm³/mol. The van der Waals surface area contributed by atoms with Crippen LogP contribution in [-0.2, 0) is 4.74 Å². The molecular formula is C35H79N7O. The van der Waals surface area contributed by atoms with E-state index in [0.717, 1.165) is 57.5 Å². The van der Waals surface area contributed by atoms with Crippen molar-refractivity contribution < 1.29 is 4.74 Å². The molecule has 0 aromatic heterocycles. The molecule has 0 spiro atoms. The van der Waals surface area contributed by atoms with Crippen molar-refractivity contribution >= 4 is 0 Å². The Morgan fingerprint density at radius 2 is 0.837 bits per heavy atom. The molecule has 0 radical (unpaired) electrons. The zero-order valence-electron chi connectivity index (χ0n) is 31.5. The van der Waals surface area contributed by atoms with Crippen LogP contribution in [0.4, 0.5) is 0 Å². The van der Waals surface area contributed by atoms with Gasteiger partial charge >= 0.3 is 0 Å². The van der Waals surface area contributed by atoms with E-state index in [4.69, 9.17) is 4.74 Å². The summed E-state index contributed by atoms with van der Waals surface area (Å²) in [6.45, 7) is 38.8. The molecule has 0 amide bonds. The number of likely N-dealkylation sites (tertiary alicyclic amines) is 1. The summed E-state index contributed by atoms with van der Waals surface area (Å²) >= 11 is 0. The second-order valence-electron chi connectivity index (χ2n) is 14.3. The van der Waals surface area contributed by atoms with Gasteiger partial charge < -0.3 is 24.8 Å². The summed E-state index contributed by atoms with van der Waals surface area (Å²) in [6.07, 6.45) is 4.28. The minimum atomic E-state index is 0.685. The van der Waals surface area contributed by atoms with E-state index in [0.29, 0.717) is 12.1 Å². The van der Waals surface area contributed by atoms with Gasteiger partial charge in [0.05, 0.1) is 13.2 Å². The van der Waals surface area contributed by atoms with Crippen LogP contribution < -0.4 is 5.32 Å². The minimum Gasteiger partial charge on any atom is -0.379 e. The number of ether oxygens (including phenoxy) is 1. The summed E-state index contributed by atoms with van der Waals surface area (Å²) in [5, 5.41) is 3.33. The van der Waals surface area contributed by atoms with Gasteiger partial charge in [-0.3, -0.25) is 14.7 Å². The van der Waals surface area contributed by atoms with Crippen molar-refractivity contribution in [2.45, 2.75) is 119 Å². The third-order valence-corrected chi connectivity index (χ3v) is 9.08. The monoisotopic (exact) mass is 614 g/mol. The van der Waals surface area contributed by atoms with Crippen LogP contribution in [0, 0.1) is 0 Å². The normalized spacial score (nSPS) is 21.6. The smallest absolute Gasteiger partial charge is 0.0594 e. The van der Waals surface area contributed by atoms with Crippen LogP contribution in [-0.4, -0.2) is 173 Å². The maximum Gasteiger partial charge on any atom is 0.0594 e. The number of morpholine rings is 1. The van der Waals surface area contributed by atoms with Crippen LogP contribution in [0.2, 0.25) is 0 Å². The number of nitrogens with one attached hydrogen (secondary N) is 1. The van der Waals surface area contributed by atoms with Crippen LogP contribution >= 0.6 is 0 Å². The number of piperazine rings is 2. The minimum absolute atomic E-state index is 0.685. The lowest BCUT2D eigenvalue weighted by Gasteiger charge is -2.34. The SMILES string of the molecule is CC(C)N(C)C.CC(C)N1CCCCC1.CC(C)N1CCN(C)CC1.CC(C)N1CCNCC1.CC(C)N1CCOCC1. The summed E-state index contributed by atoms with van der Waals surface area (Å²) in [7, 11) is 6.34. The molecule has 8 nitrogen and oxygen atoms in total. The largest absolute Gasteiger partial charge is 0.379 e. The zero-order chi connectivity index (χ0) is 32.8. The van der Waals surface area contributed by atoms with Crippen LogP contribution in [0.5, 0.6) is 0 Å². The first-order valence-corrected chi connectivity index (χ1v) is 17.9. The van der Waals surface area contributed by atoms with Gasteiger partial charge in [-0.15, -0.1) is 0 Å². The fraction of sp³-hybridized carbons (Fsp3) is 1.00. The molecule has 260 valence electrons. The van der Waals surface area contributed by atoms with E-state index >= 15 is 0 Å². The summed E-state index contributed by atoms with van der Waals surface area (Å²) in [6, 6.07) is 3.60. The van der Waals surface area contributed by atoms with Crippen LogP contribution in [0.25, 0.3) is 0 Å². The molecule has 0 saturated carbocycles. The Morgan fingerprint density at radius 3 is 1.14 bits per heavy atom. The first-order valence-electron chi connectivity index (χ1n) is 17.9. The molecule has 4 rings (SSSR count). The second kappa shape index (κ2) is 25.8. The first-order chi connectivity index (χ1) is 20.3. The van der Waals surface area contributed by atoms with Gasteiger partial charge in [-0.2, -0.15) is 0 Å². The lowest BCUT2D eigenvalue weighted by molar-refractivity contribution is 0.0238. The Morgan fingerprint density at radius 1 is 0.488 bits per heavy atom. The molecular weight excluding hydrogens is 534 g/mol. The van der Waals surface area contributed by atoms with Gasteiger partial charge in [-0.05, 0) is 116 Å². The van der Waals surface area contributed by atoms with E-state index in [1.807, 2.05) is 0 Å². The Bertz CT molecular complexity index is 531. The quantitative estimate of drug-likeness (QED) is 0.486. The van der Waals surface area contributed by atoms with E-state index in [2.05, 4.69) is 125 Å². The van der Waals surface area contributed by atoms with Crippen LogP contribution in [0.1, 0.15) is 88.5 Å². The molecule has 0 aromatic carbocycles. The van der Waals surface area contributed by atoms with Crippen molar-refractivity contribution in [2.75, 3.05) is 113 Å². The predicted octanol–water partition coefficient (Wildman–Crippen LogP) is 4.51. The molecule has 1 N–H and O–H groups in total. The van der Waals surface area contributed by atoms with Crippen LogP contribution in [0.15, 0.2) is 0 Å². The Hall–Kier alpha value is -0.320. The zero-order valence-corrected chi connectivity index (χ0v) is 31.5. The molecule has 4 heterocycles. The standard InChI is InChI=1S/C8H18N2.C8H17N.C7H16N2.C7H15NO.C5H13N/c1-8(2)10-6-4-9(3)5-7-10;1-8(2)9-6-4-3-5-7-9;1-7(2)9-5-3-8-4-6-9;1-7(2)8-3-5-9-6-4-8;1-5(2)6(3)4/h8H,4-7H2,1-3H3;8H,3-7H2,1-2H3;7-8H,3-6H2,1-2H3;7H,3-6H2,1-2H3;5H,1-4H3. The molecule has 0 atom stereocenters. The molecule has 4 aliphatic heterocycles. The number of hydrogen-bond donors (Lipinski definition) is 1. The van der Waals surface area contributed by atoms with Gasteiger partial charge in [0.1, 0.15) is 0 Å². The van der Waals surface area contributed by atoms with Crippen molar-refractivity contribution in [1.82, 2.24) is 34.7 Å². The average Bonchev–Trinajstić information content (AvgIpc) is 3.00. The van der Waals surface area contributed by atoms with Gasteiger partial charge in [0.15, 0.2) is 0 Å². The number of hydrogen-bond acceptors (Lipinski definition) is 8. The lowest BCUT2D eigenvalue weighted by atomic mass is 10.1. The van der Waals surface area contributed by atoms with Gasteiger partial charge in [-0.1, -0.05) is 6.42 Å². The molecule has 0 unspecified atom stereocenters. The van der Waals surface area contributed by atoms with Crippen molar-refractivity contribution in [2.24, 2.45) is 0 Å². The third-order valence-electron chi connectivity index (χ3n) is 9.08. The Kier molecular flexibility index (Phi) is 25.6. The highest BCUT2D eigenvalue weighted by Gasteiger charge is 2.15.